The van der Waals surface area contributed by atoms with Gasteiger partial charge in [-0.2, -0.15) is 10.1 Å². The Morgan fingerprint density at radius 2 is 1.73 bits per heavy atom. The molecule has 4 rings (SSSR count). The molecule has 0 bridgehead atoms. The maximum absolute atomic E-state index is 5.60. The summed E-state index contributed by atoms with van der Waals surface area (Å²) in [5, 5.41) is 4.56. The van der Waals surface area contributed by atoms with Crippen molar-refractivity contribution in [3.8, 4) is 5.75 Å². The highest BCUT2D eigenvalue weighted by atomic mass is 16.5. The molecule has 0 amide bonds. The van der Waals surface area contributed by atoms with Crippen molar-refractivity contribution in [3.05, 3.63) is 71.0 Å². The molecular formula is C26H30N6O. The first-order valence-electron chi connectivity index (χ1n) is 11.2. The predicted molar refractivity (Wildman–Crippen MR) is 136 cm³/mol. The van der Waals surface area contributed by atoms with Crippen LogP contribution in [0, 0.1) is 20.8 Å². The van der Waals surface area contributed by atoms with Gasteiger partial charge in [0, 0.05) is 30.0 Å². The molecule has 0 atom stereocenters. The monoisotopic (exact) mass is 442 g/mol. The molecule has 0 saturated heterocycles. The lowest BCUT2D eigenvalue weighted by Crippen LogP contribution is -2.21. The van der Waals surface area contributed by atoms with Gasteiger partial charge >= 0.3 is 0 Å². The third-order valence-electron chi connectivity index (χ3n) is 5.73. The number of methoxy groups -OCH3 is 1. The fourth-order valence-electron chi connectivity index (χ4n) is 4.01. The first-order valence-corrected chi connectivity index (χ1v) is 11.2. The van der Waals surface area contributed by atoms with Crippen LogP contribution < -0.4 is 9.64 Å². The fourth-order valence-corrected chi connectivity index (χ4v) is 4.01. The molecule has 1 aliphatic rings. The topological polar surface area (TPSA) is 67.4 Å². The van der Waals surface area contributed by atoms with E-state index in [-0.39, 0.29) is 0 Å². The Labute approximate surface area is 195 Å². The molecule has 7 nitrogen and oxygen atoms in total. The Morgan fingerprint density at radius 3 is 2.36 bits per heavy atom. The van der Waals surface area contributed by atoms with Gasteiger partial charge in [-0.3, -0.25) is 0 Å². The number of rotatable bonds is 6. The molecule has 7 heteroatoms. The van der Waals surface area contributed by atoms with Crippen molar-refractivity contribution in [3.63, 3.8) is 0 Å². The molecule has 0 radical (unpaired) electrons. The smallest absolute Gasteiger partial charge is 0.253 e. The third-order valence-corrected chi connectivity index (χ3v) is 5.73. The number of ether oxygens (including phenoxy) is 1. The van der Waals surface area contributed by atoms with E-state index in [1.165, 1.54) is 5.69 Å². The van der Waals surface area contributed by atoms with Gasteiger partial charge in [0.25, 0.3) is 5.96 Å². The van der Waals surface area contributed by atoms with Crippen LogP contribution in [0.15, 0.2) is 63.5 Å². The lowest BCUT2D eigenvalue weighted by atomic mass is 10.1. The lowest BCUT2D eigenvalue weighted by Gasteiger charge is -2.21. The highest BCUT2D eigenvalue weighted by molar-refractivity contribution is 6.53. The summed E-state index contributed by atoms with van der Waals surface area (Å²) in [5.74, 6) is 1.76. The zero-order chi connectivity index (χ0) is 23.5. The van der Waals surface area contributed by atoms with Crippen LogP contribution >= 0.6 is 0 Å². The Kier molecular flexibility index (Phi) is 6.40. The predicted octanol–water partition coefficient (Wildman–Crippen LogP) is 5.10. The second kappa shape index (κ2) is 9.40. The van der Waals surface area contributed by atoms with Crippen LogP contribution in [0.4, 0.5) is 11.4 Å². The molecule has 170 valence electrons. The molecule has 1 aromatic heterocycles. The number of aromatic nitrogens is 2. The first kappa shape index (κ1) is 22.5. The van der Waals surface area contributed by atoms with E-state index in [2.05, 4.69) is 42.9 Å². The van der Waals surface area contributed by atoms with Gasteiger partial charge in [0.15, 0.2) is 5.84 Å². The van der Waals surface area contributed by atoms with Crippen molar-refractivity contribution >= 4 is 28.9 Å². The van der Waals surface area contributed by atoms with E-state index in [9.17, 15) is 0 Å². The van der Waals surface area contributed by atoms with Gasteiger partial charge in [0.1, 0.15) is 11.5 Å². The average Bonchev–Trinajstić information content (AvgIpc) is 3.38. The summed E-state index contributed by atoms with van der Waals surface area (Å²) in [6, 6.07) is 16.1. The minimum atomic E-state index is 0.498. The highest BCUT2D eigenvalue weighted by Gasteiger charge is 2.25. The molecule has 0 N–H and O–H groups in total. The lowest BCUT2D eigenvalue weighted by molar-refractivity contribution is 0.414. The van der Waals surface area contributed by atoms with Crippen molar-refractivity contribution < 1.29 is 4.74 Å². The zero-order valence-corrected chi connectivity index (χ0v) is 20.1. The van der Waals surface area contributed by atoms with Crippen molar-refractivity contribution in [2.24, 2.45) is 15.0 Å². The Morgan fingerprint density at radius 1 is 0.970 bits per heavy atom. The van der Waals surface area contributed by atoms with Gasteiger partial charge in [-0.25, -0.2) is 14.7 Å². The van der Waals surface area contributed by atoms with E-state index >= 15 is 0 Å². The van der Waals surface area contributed by atoms with Gasteiger partial charge in [0.2, 0.25) is 0 Å². The fraction of sp³-hybridized carbons (Fsp3) is 0.308. The van der Waals surface area contributed by atoms with E-state index in [1.54, 1.807) is 11.8 Å². The van der Waals surface area contributed by atoms with E-state index in [4.69, 9.17) is 19.7 Å². The van der Waals surface area contributed by atoms with Crippen LogP contribution in [0.2, 0.25) is 0 Å². The number of benzene rings is 2. The van der Waals surface area contributed by atoms with Crippen LogP contribution in [-0.2, 0) is 0 Å². The number of hydrogen-bond acceptors (Lipinski definition) is 5. The highest BCUT2D eigenvalue weighted by Crippen LogP contribution is 2.28. The number of aryl methyl sites for hydroxylation is 3. The second-order valence-corrected chi connectivity index (χ2v) is 7.99. The molecule has 2 aromatic carbocycles. The van der Waals surface area contributed by atoms with E-state index in [0.29, 0.717) is 17.5 Å². The molecule has 0 spiro atoms. The molecular weight excluding hydrogens is 412 g/mol. The molecule has 0 saturated carbocycles. The van der Waals surface area contributed by atoms with Gasteiger partial charge in [-0.1, -0.05) is 12.1 Å². The summed E-state index contributed by atoms with van der Waals surface area (Å²) in [5.41, 5.74) is 6.53. The maximum Gasteiger partial charge on any atom is 0.253 e. The molecule has 0 aliphatic carbocycles. The Balaban J connectivity index is 1.83. The van der Waals surface area contributed by atoms with Crippen LogP contribution in [0.1, 0.15) is 36.4 Å². The number of amidine groups is 1. The largest absolute Gasteiger partial charge is 0.496 e. The second-order valence-electron chi connectivity index (χ2n) is 7.99. The number of para-hydroxylation sites is 1. The molecule has 3 aromatic rings. The van der Waals surface area contributed by atoms with Crippen LogP contribution in [-0.4, -0.2) is 47.5 Å². The summed E-state index contributed by atoms with van der Waals surface area (Å²) < 4.78 is 7.35. The van der Waals surface area contributed by atoms with Gasteiger partial charge in [-0.05, 0) is 76.6 Å². The van der Waals surface area contributed by atoms with Crippen molar-refractivity contribution in [1.82, 2.24) is 9.78 Å². The quantitative estimate of drug-likeness (QED) is 0.533. The summed E-state index contributed by atoms with van der Waals surface area (Å²) in [4.78, 5) is 16.9. The summed E-state index contributed by atoms with van der Waals surface area (Å²) in [6.07, 6.45) is 0. The van der Waals surface area contributed by atoms with Gasteiger partial charge in [0.05, 0.1) is 18.5 Å². The first-order chi connectivity index (χ1) is 15.9. The number of hydrogen-bond donors (Lipinski definition) is 0. The van der Waals surface area contributed by atoms with E-state index in [0.717, 1.165) is 47.0 Å². The zero-order valence-electron chi connectivity index (χ0n) is 20.1. The van der Waals surface area contributed by atoms with Gasteiger partial charge in [-0.15, -0.1) is 0 Å². The number of nitrogens with zero attached hydrogens (tertiary/aromatic N) is 6. The van der Waals surface area contributed by atoms with Crippen LogP contribution in [0.3, 0.4) is 0 Å². The molecule has 0 unspecified atom stereocenters. The molecule has 1 aliphatic heterocycles. The minimum Gasteiger partial charge on any atom is -0.496 e. The average molecular weight is 443 g/mol. The Hall–Kier alpha value is -3.74. The van der Waals surface area contributed by atoms with E-state index < -0.39 is 0 Å². The third kappa shape index (κ3) is 4.44. The molecule has 2 heterocycles. The SMILES string of the molecule is CCN(CC)c1ccc(/N=C2\N=C(n3nc(C)cc3C)N=C2c2ccccc2OC)c(C)c1. The minimum absolute atomic E-state index is 0.498. The standard InChI is InChI=1S/C26H30N6O/c1-7-31(8-2)20-13-14-22(17(3)15-20)27-25-24(21-11-9-10-12-23(21)33-6)28-26(29-25)32-19(5)16-18(4)30-32/h9-16H,7-8H2,1-6H3/b27-25-. The summed E-state index contributed by atoms with van der Waals surface area (Å²) in [6.45, 7) is 12.3. The van der Waals surface area contributed by atoms with Crippen LogP contribution in [0.5, 0.6) is 5.75 Å². The molecule has 0 fully saturated rings. The summed E-state index contributed by atoms with van der Waals surface area (Å²) in [7, 11) is 1.66. The van der Waals surface area contributed by atoms with E-state index in [1.807, 2.05) is 50.2 Å². The normalized spacial score (nSPS) is 14.4. The van der Waals surface area contributed by atoms with Crippen molar-refractivity contribution in [2.45, 2.75) is 34.6 Å². The van der Waals surface area contributed by atoms with Crippen molar-refractivity contribution in [1.29, 1.82) is 0 Å². The number of aliphatic imine (C=N–C) groups is 3. The van der Waals surface area contributed by atoms with Gasteiger partial charge < -0.3 is 9.64 Å². The Bertz CT molecular complexity index is 1260. The number of anilines is 1. The summed E-state index contributed by atoms with van der Waals surface area (Å²) >= 11 is 0. The van der Waals surface area contributed by atoms with Crippen molar-refractivity contribution in [2.75, 3.05) is 25.1 Å². The van der Waals surface area contributed by atoms with Crippen LogP contribution in [0.25, 0.3) is 0 Å². The maximum atomic E-state index is 5.60. The molecule has 33 heavy (non-hydrogen) atoms.